The summed E-state index contributed by atoms with van der Waals surface area (Å²) in [6, 6.07) is 14.9. The van der Waals surface area contributed by atoms with Gasteiger partial charge in [-0.25, -0.2) is 0 Å². The minimum absolute atomic E-state index is 0.206. The molecule has 0 heterocycles. The molecule has 3 N–H and O–H groups in total. The Morgan fingerprint density at radius 2 is 1.67 bits per heavy atom. The van der Waals surface area contributed by atoms with E-state index in [9.17, 15) is 14.4 Å². The van der Waals surface area contributed by atoms with E-state index in [2.05, 4.69) is 16.0 Å². The summed E-state index contributed by atoms with van der Waals surface area (Å²) < 4.78 is 17.0. The maximum absolute atomic E-state index is 13.5. The van der Waals surface area contributed by atoms with Crippen molar-refractivity contribution in [1.29, 1.82) is 0 Å². The molecule has 0 saturated carbocycles. The minimum atomic E-state index is -0.697. The zero-order valence-electron chi connectivity index (χ0n) is 22.7. The molecule has 3 aromatic rings. The van der Waals surface area contributed by atoms with Crippen molar-refractivity contribution in [3.05, 3.63) is 75.9 Å². The Morgan fingerprint density at radius 3 is 2.31 bits per heavy atom. The Balaban J connectivity index is 1.82. The third-order valence-corrected chi connectivity index (χ3v) is 6.72. The predicted molar refractivity (Wildman–Crippen MR) is 151 cm³/mol. The van der Waals surface area contributed by atoms with Gasteiger partial charge in [-0.3, -0.25) is 14.4 Å². The number of methoxy groups -OCH3 is 3. The number of hydrogen-bond acceptors (Lipinski definition) is 7. The van der Waals surface area contributed by atoms with E-state index in [0.717, 1.165) is 11.1 Å². The van der Waals surface area contributed by atoms with Crippen molar-refractivity contribution in [2.24, 2.45) is 0 Å². The zero-order chi connectivity index (χ0) is 28.1. The van der Waals surface area contributed by atoms with E-state index >= 15 is 0 Å². The maximum Gasteiger partial charge on any atom is 0.246 e. The molecule has 0 saturated heterocycles. The Labute approximate surface area is 227 Å². The summed E-state index contributed by atoms with van der Waals surface area (Å²) >= 11 is 0. The fourth-order valence-corrected chi connectivity index (χ4v) is 4.90. The molecule has 4 rings (SSSR count). The second-order valence-electron chi connectivity index (χ2n) is 9.32. The van der Waals surface area contributed by atoms with E-state index in [4.69, 9.17) is 14.2 Å². The molecule has 0 spiro atoms. The van der Waals surface area contributed by atoms with Gasteiger partial charge in [0.2, 0.25) is 23.0 Å². The second-order valence-corrected chi connectivity index (χ2v) is 9.32. The molecule has 0 unspecified atom stereocenters. The first-order valence-corrected chi connectivity index (χ1v) is 12.7. The van der Waals surface area contributed by atoms with Gasteiger partial charge in [0.05, 0.1) is 33.1 Å². The molecule has 204 valence electrons. The van der Waals surface area contributed by atoms with Crippen molar-refractivity contribution >= 4 is 23.2 Å². The Hall–Kier alpha value is -4.53. The highest BCUT2D eigenvalue weighted by molar-refractivity contribution is 5.96. The molecule has 0 bridgehead atoms. The minimum Gasteiger partial charge on any atom is -0.493 e. The van der Waals surface area contributed by atoms with Crippen molar-refractivity contribution in [2.45, 2.75) is 38.8 Å². The fourth-order valence-electron chi connectivity index (χ4n) is 4.90. The summed E-state index contributed by atoms with van der Waals surface area (Å²) in [4.78, 5) is 38.4. The van der Waals surface area contributed by atoms with E-state index in [1.54, 1.807) is 39.3 Å². The largest absolute Gasteiger partial charge is 0.493 e. The molecule has 0 aromatic heterocycles. The third kappa shape index (κ3) is 5.82. The lowest BCUT2D eigenvalue weighted by Crippen LogP contribution is -2.33. The van der Waals surface area contributed by atoms with Crippen LogP contribution >= 0.6 is 0 Å². The van der Waals surface area contributed by atoms with Crippen LogP contribution in [-0.4, -0.2) is 39.2 Å². The SMILES string of the molecule is COc1cc2c(c(OC)c1OC)-c1ccc(N[C@@H](C)C(=O)Nc3ccccc3)c(=O)cc1[C@@H](NC(C)=O)CC2. The number of fused-ring (bicyclic) bond motifs is 3. The third-order valence-electron chi connectivity index (χ3n) is 6.72. The summed E-state index contributed by atoms with van der Waals surface area (Å²) in [5.74, 6) is 0.940. The molecule has 0 aliphatic heterocycles. The first kappa shape index (κ1) is 27.5. The molecule has 0 fully saturated rings. The highest BCUT2D eigenvalue weighted by Gasteiger charge is 2.29. The van der Waals surface area contributed by atoms with Crippen molar-refractivity contribution in [3.8, 4) is 28.4 Å². The first-order chi connectivity index (χ1) is 18.8. The lowest BCUT2D eigenvalue weighted by atomic mass is 9.95. The van der Waals surface area contributed by atoms with E-state index in [-0.39, 0.29) is 22.9 Å². The van der Waals surface area contributed by atoms with E-state index in [0.29, 0.717) is 46.9 Å². The van der Waals surface area contributed by atoms with Gasteiger partial charge in [0.1, 0.15) is 6.04 Å². The van der Waals surface area contributed by atoms with Crippen LogP contribution in [0.2, 0.25) is 0 Å². The monoisotopic (exact) mass is 531 g/mol. The number of para-hydroxylation sites is 1. The van der Waals surface area contributed by atoms with E-state index in [1.165, 1.54) is 20.1 Å². The highest BCUT2D eigenvalue weighted by Crippen LogP contribution is 2.50. The number of carbonyl (C=O) groups excluding carboxylic acids is 2. The first-order valence-electron chi connectivity index (χ1n) is 12.7. The molecule has 0 radical (unpaired) electrons. The standard InChI is InChI=1S/C30H33N3O6/c1-17(30(36)33-20-9-7-6-8-10-20)31-24-14-12-21-22(16-25(24)35)23(32-18(2)34)13-11-19-15-26(37-3)28(38-4)29(39-5)27(19)21/h6-10,12,14-17,23H,11,13H2,1-5H3,(H,31,35)(H,32,34)(H,33,36)/t17-,23-/m0/s1. The van der Waals surface area contributed by atoms with Crippen LogP contribution < -0.4 is 35.6 Å². The lowest BCUT2D eigenvalue weighted by Gasteiger charge is -2.19. The number of hydrogen-bond donors (Lipinski definition) is 3. The van der Waals surface area contributed by atoms with Gasteiger partial charge >= 0.3 is 0 Å². The molecule has 2 atom stereocenters. The van der Waals surface area contributed by atoms with Crippen molar-refractivity contribution < 1.29 is 23.8 Å². The lowest BCUT2D eigenvalue weighted by molar-refractivity contribution is -0.119. The van der Waals surface area contributed by atoms with Crippen LogP contribution in [0.1, 0.15) is 37.4 Å². The van der Waals surface area contributed by atoms with Crippen LogP contribution in [0.5, 0.6) is 17.2 Å². The Bertz CT molecular complexity index is 1440. The molecule has 9 heteroatoms. The number of amides is 2. The van der Waals surface area contributed by atoms with Crippen molar-refractivity contribution in [2.75, 3.05) is 32.0 Å². The molecule has 1 aliphatic rings. The second kappa shape index (κ2) is 11.9. The van der Waals surface area contributed by atoms with Crippen LogP contribution in [0.25, 0.3) is 11.1 Å². The quantitative estimate of drug-likeness (QED) is 0.397. The van der Waals surface area contributed by atoms with Gasteiger partial charge in [-0.05, 0) is 66.8 Å². The average Bonchev–Trinajstić information content (AvgIpc) is 3.16. The molecule has 39 heavy (non-hydrogen) atoms. The van der Waals surface area contributed by atoms with Crippen LogP contribution in [0.4, 0.5) is 11.4 Å². The fraction of sp³-hybridized carbons (Fsp3) is 0.300. The molecule has 2 amide bonds. The van der Waals surface area contributed by atoms with Crippen LogP contribution in [-0.2, 0) is 16.0 Å². The molecule has 9 nitrogen and oxygen atoms in total. The summed E-state index contributed by atoms with van der Waals surface area (Å²) in [5, 5.41) is 8.88. The van der Waals surface area contributed by atoms with Crippen LogP contribution in [0.15, 0.2) is 59.4 Å². The topological polar surface area (TPSA) is 115 Å². The van der Waals surface area contributed by atoms with Gasteiger partial charge in [0.25, 0.3) is 0 Å². The van der Waals surface area contributed by atoms with Crippen LogP contribution in [0, 0.1) is 0 Å². The van der Waals surface area contributed by atoms with Crippen LogP contribution in [0.3, 0.4) is 0 Å². The van der Waals surface area contributed by atoms with Crippen molar-refractivity contribution in [1.82, 2.24) is 5.32 Å². The number of rotatable bonds is 8. The number of aryl methyl sites for hydroxylation is 1. The predicted octanol–water partition coefficient (Wildman–Crippen LogP) is 4.30. The molecular weight excluding hydrogens is 498 g/mol. The summed E-state index contributed by atoms with van der Waals surface area (Å²) in [6.45, 7) is 3.14. The van der Waals surface area contributed by atoms with E-state index < -0.39 is 12.1 Å². The summed E-state index contributed by atoms with van der Waals surface area (Å²) in [6.07, 6.45) is 1.16. The van der Waals surface area contributed by atoms with Gasteiger partial charge in [-0.2, -0.15) is 0 Å². The maximum atomic E-state index is 13.5. The van der Waals surface area contributed by atoms with Gasteiger partial charge in [-0.1, -0.05) is 24.3 Å². The molecule has 1 aliphatic carbocycles. The van der Waals surface area contributed by atoms with Crippen molar-refractivity contribution in [3.63, 3.8) is 0 Å². The number of nitrogens with one attached hydrogen (secondary N) is 3. The summed E-state index contributed by atoms with van der Waals surface area (Å²) in [5.41, 5.74) is 3.65. The highest BCUT2D eigenvalue weighted by atomic mass is 16.5. The smallest absolute Gasteiger partial charge is 0.246 e. The normalized spacial score (nSPS) is 14.5. The molecular formula is C30H33N3O6. The number of carbonyl (C=O) groups is 2. The number of ether oxygens (including phenoxy) is 3. The van der Waals surface area contributed by atoms with Gasteiger partial charge in [-0.15, -0.1) is 0 Å². The average molecular weight is 532 g/mol. The van der Waals surface area contributed by atoms with Gasteiger partial charge < -0.3 is 30.2 Å². The van der Waals surface area contributed by atoms with Gasteiger partial charge in [0.15, 0.2) is 11.5 Å². The Morgan fingerprint density at radius 1 is 0.949 bits per heavy atom. The summed E-state index contributed by atoms with van der Waals surface area (Å²) in [7, 11) is 4.65. The molecule has 3 aromatic carbocycles. The van der Waals surface area contributed by atoms with E-state index in [1.807, 2.05) is 30.3 Å². The van der Waals surface area contributed by atoms with Gasteiger partial charge in [0, 0.05) is 18.2 Å². The zero-order valence-corrected chi connectivity index (χ0v) is 22.7. The Kier molecular flexibility index (Phi) is 8.39. The number of benzene rings is 2. The number of anilines is 2.